The Labute approximate surface area is 194 Å². The highest BCUT2D eigenvalue weighted by atomic mass is 35.5. The molecule has 2 N–H and O–H groups in total. The molecule has 166 valence electrons. The van der Waals surface area contributed by atoms with Gasteiger partial charge in [-0.05, 0) is 48.2 Å². The fourth-order valence-corrected chi connectivity index (χ4v) is 5.11. The van der Waals surface area contributed by atoms with E-state index in [9.17, 15) is 9.59 Å². The van der Waals surface area contributed by atoms with Gasteiger partial charge in [-0.3, -0.25) is 9.59 Å². The highest BCUT2D eigenvalue weighted by Crippen LogP contribution is 2.51. The monoisotopic (exact) mass is 460 g/mol. The fraction of sp³-hybridized carbons (Fsp3) is 0.440. The molecule has 0 aliphatic carbocycles. The smallest absolute Gasteiger partial charge is 0.229 e. The van der Waals surface area contributed by atoms with E-state index >= 15 is 0 Å². The number of hydrogen-bond acceptors (Lipinski definition) is 2. The largest absolute Gasteiger partial charge is 0.370 e. The number of amides is 2. The third-order valence-corrected chi connectivity index (χ3v) is 6.71. The summed E-state index contributed by atoms with van der Waals surface area (Å²) >= 11 is 12.5. The van der Waals surface area contributed by atoms with Crippen LogP contribution in [0.1, 0.15) is 69.0 Å². The Morgan fingerprint density at radius 1 is 1.10 bits per heavy atom. The third kappa shape index (κ3) is 5.42. The first-order valence-electron chi connectivity index (χ1n) is 10.9. The van der Waals surface area contributed by atoms with Crippen LogP contribution in [0, 0.1) is 5.41 Å². The molecule has 1 fully saturated rings. The van der Waals surface area contributed by atoms with E-state index in [1.165, 1.54) is 0 Å². The molecule has 1 aliphatic rings. The minimum atomic E-state index is -0.853. The lowest BCUT2D eigenvalue weighted by molar-refractivity contribution is -0.153. The first-order valence-corrected chi connectivity index (χ1v) is 11.6. The van der Waals surface area contributed by atoms with Crippen molar-refractivity contribution in [2.24, 2.45) is 11.1 Å². The molecule has 2 aromatic carbocycles. The van der Waals surface area contributed by atoms with E-state index in [0.717, 1.165) is 30.4 Å². The third-order valence-electron chi connectivity index (χ3n) is 6.22. The van der Waals surface area contributed by atoms with Crippen LogP contribution in [0.15, 0.2) is 48.5 Å². The molecule has 2 aromatic rings. The number of benzene rings is 2. The van der Waals surface area contributed by atoms with Gasteiger partial charge in [0, 0.05) is 28.9 Å². The van der Waals surface area contributed by atoms with Crippen LogP contribution in [0.2, 0.25) is 10.0 Å². The lowest BCUT2D eigenvalue weighted by Gasteiger charge is -2.49. The van der Waals surface area contributed by atoms with Gasteiger partial charge in [0.25, 0.3) is 0 Å². The van der Waals surface area contributed by atoms with E-state index < -0.39 is 11.3 Å². The molecule has 0 spiro atoms. The summed E-state index contributed by atoms with van der Waals surface area (Å²) in [6.07, 6.45) is 3.55. The average molecular weight is 461 g/mol. The lowest BCUT2D eigenvalue weighted by Crippen LogP contribution is -2.53. The van der Waals surface area contributed by atoms with Crippen LogP contribution in [-0.4, -0.2) is 23.3 Å². The van der Waals surface area contributed by atoms with E-state index in [2.05, 4.69) is 6.92 Å². The van der Waals surface area contributed by atoms with Crippen LogP contribution in [0.4, 0.5) is 0 Å². The van der Waals surface area contributed by atoms with Gasteiger partial charge < -0.3 is 10.6 Å². The van der Waals surface area contributed by atoms with Crippen molar-refractivity contribution in [3.63, 3.8) is 0 Å². The number of hydrogen-bond donors (Lipinski definition) is 1. The number of unbranched alkanes of at least 4 members (excludes halogenated alkanes) is 2. The summed E-state index contributed by atoms with van der Waals surface area (Å²) in [5.74, 6) is -0.497. The van der Waals surface area contributed by atoms with Crippen LogP contribution < -0.4 is 5.73 Å². The number of carbonyl (C=O) groups excluding carboxylic acids is 2. The zero-order chi connectivity index (χ0) is 22.6. The van der Waals surface area contributed by atoms with E-state index in [4.69, 9.17) is 28.9 Å². The highest BCUT2D eigenvalue weighted by Gasteiger charge is 2.50. The minimum absolute atomic E-state index is 0.0133. The first kappa shape index (κ1) is 23.6. The number of nitrogens with two attached hydrogens (primary N) is 1. The van der Waals surface area contributed by atoms with Crippen LogP contribution in [-0.2, 0) is 9.59 Å². The molecule has 3 rings (SSSR count). The Morgan fingerprint density at radius 2 is 1.81 bits per heavy atom. The van der Waals surface area contributed by atoms with Gasteiger partial charge >= 0.3 is 0 Å². The summed E-state index contributed by atoms with van der Waals surface area (Å²) in [4.78, 5) is 27.6. The predicted molar refractivity (Wildman–Crippen MR) is 126 cm³/mol. The number of piperidine rings is 1. The van der Waals surface area contributed by atoms with Crippen molar-refractivity contribution < 1.29 is 9.59 Å². The number of carbonyl (C=O) groups is 2. The first-order chi connectivity index (χ1) is 14.7. The molecule has 1 aliphatic heterocycles. The van der Waals surface area contributed by atoms with Crippen LogP contribution >= 0.6 is 23.2 Å². The molecule has 2 amide bonds. The fourth-order valence-electron chi connectivity index (χ4n) is 4.79. The van der Waals surface area contributed by atoms with Gasteiger partial charge in [0.05, 0.1) is 11.5 Å². The standard InChI is InChI=1S/C25H30Cl2N2O2/c1-3-4-5-13-29-23(17-9-11-19(26)12-10-17)21(18-7-6-8-20(27)14-18)15-25(2,24(29)31)16-22(28)30/h6-12,14,21,23H,3-5,13,15-16H2,1-2H3,(H2,28,30). The Balaban J connectivity index is 2.12. The maximum atomic E-state index is 13.7. The molecule has 0 saturated carbocycles. The molecule has 31 heavy (non-hydrogen) atoms. The Morgan fingerprint density at radius 3 is 2.42 bits per heavy atom. The molecule has 6 heteroatoms. The van der Waals surface area contributed by atoms with E-state index in [-0.39, 0.29) is 24.3 Å². The summed E-state index contributed by atoms with van der Waals surface area (Å²) < 4.78 is 0. The zero-order valence-electron chi connectivity index (χ0n) is 18.1. The van der Waals surface area contributed by atoms with Crippen molar-refractivity contribution >= 4 is 35.0 Å². The lowest BCUT2D eigenvalue weighted by atomic mass is 9.67. The maximum absolute atomic E-state index is 13.7. The SMILES string of the molecule is CCCCCN1C(=O)C(C)(CC(N)=O)CC(c2cccc(Cl)c2)C1c1ccc(Cl)cc1. The number of primary amides is 1. The predicted octanol–water partition coefficient (Wildman–Crippen LogP) is 6.12. The number of likely N-dealkylation sites (tertiary alicyclic amines) is 1. The summed E-state index contributed by atoms with van der Waals surface area (Å²) in [5, 5.41) is 1.31. The number of nitrogens with zero attached hydrogens (tertiary/aromatic N) is 1. The van der Waals surface area contributed by atoms with Gasteiger partial charge in [-0.2, -0.15) is 0 Å². The molecule has 3 unspecified atom stereocenters. The molecule has 0 bridgehead atoms. The summed E-state index contributed by atoms with van der Waals surface area (Å²) in [7, 11) is 0. The Kier molecular flexibility index (Phi) is 7.66. The van der Waals surface area contributed by atoms with Crippen molar-refractivity contribution in [3.8, 4) is 0 Å². The van der Waals surface area contributed by atoms with Crippen LogP contribution in [0.25, 0.3) is 0 Å². The summed E-state index contributed by atoms with van der Waals surface area (Å²) in [5.41, 5.74) is 6.79. The van der Waals surface area contributed by atoms with Gasteiger partial charge in [0.1, 0.15) is 0 Å². The second-order valence-corrected chi connectivity index (χ2v) is 9.64. The van der Waals surface area contributed by atoms with Gasteiger partial charge in [-0.25, -0.2) is 0 Å². The molecule has 0 radical (unpaired) electrons. The van der Waals surface area contributed by atoms with Gasteiger partial charge in [-0.1, -0.05) is 74.2 Å². The Bertz CT molecular complexity index is 931. The quantitative estimate of drug-likeness (QED) is 0.481. The van der Waals surface area contributed by atoms with Crippen molar-refractivity contribution in [2.75, 3.05) is 6.54 Å². The molecular formula is C25H30Cl2N2O2. The van der Waals surface area contributed by atoms with Gasteiger partial charge in [0.15, 0.2) is 0 Å². The second kappa shape index (κ2) is 10.1. The van der Waals surface area contributed by atoms with Gasteiger partial charge in [0.2, 0.25) is 11.8 Å². The summed E-state index contributed by atoms with van der Waals surface area (Å²) in [6.45, 7) is 4.63. The number of rotatable bonds is 8. The van der Waals surface area contributed by atoms with Crippen LogP contribution in [0.3, 0.4) is 0 Å². The molecule has 0 aromatic heterocycles. The maximum Gasteiger partial charge on any atom is 0.229 e. The van der Waals surface area contributed by atoms with Crippen molar-refractivity contribution in [1.29, 1.82) is 0 Å². The highest BCUT2D eigenvalue weighted by molar-refractivity contribution is 6.30. The summed E-state index contributed by atoms with van der Waals surface area (Å²) in [6, 6.07) is 15.3. The average Bonchev–Trinajstić information content (AvgIpc) is 2.71. The zero-order valence-corrected chi connectivity index (χ0v) is 19.6. The Hall–Kier alpha value is -2.04. The van der Waals surface area contributed by atoms with E-state index in [0.29, 0.717) is 23.0 Å². The second-order valence-electron chi connectivity index (χ2n) is 8.77. The molecule has 1 saturated heterocycles. The normalized spacial score (nSPS) is 23.7. The van der Waals surface area contributed by atoms with E-state index in [1.807, 2.05) is 60.4 Å². The molecule has 4 nitrogen and oxygen atoms in total. The van der Waals surface area contributed by atoms with Gasteiger partial charge in [-0.15, -0.1) is 0 Å². The topological polar surface area (TPSA) is 63.4 Å². The van der Waals surface area contributed by atoms with Crippen molar-refractivity contribution in [1.82, 2.24) is 4.90 Å². The minimum Gasteiger partial charge on any atom is -0.370 e. The van der Waals surface area contributed by atoms with Crippen molar-refractivity contribution in [2.45, 2.75) is 57.9 Å². The van der Waals surface area contributed by atoms with Crippen molar-refractivity contribution in [3.05, 3.63) is 69.7 Å². The molecule has 3 atom stereocenters. The number of halogens is 2. The van der Waals surface area contributed by atoms with Crippen LogP contribution in [0.5, 0.6) is 0 Å². The van der Waals surface area contributed by atoms with E-state index in [1.54, 1.807) is 0 Å². The molecular weight excluding hydrogens is 431 g/mol. The molecule has 1 heterocycles.